The van der Waals surface area contributed by atoms with Gasteiger partial charge in [-0.15, -0.1) is 0 Å². The van der Waals surface area contributed by atoms with Gasteiger partial charge in [0.1, 0.15) is 5.69 Å². The fourth-order valence-electron chi connectivity index (χ4n) is 3.67. The maximum absolute atomic E-state index is 11.1. The molecule has 37 heavy (non-hydrogen) atoms. The van der Waals surface area contributed by atoms with E-state index in [-0.39, 0.29) is 10.6 Å². The number of amides is 1. The summed E-state index contributed by atoms with van der Waals surface area (Å²) in [5.41, 5.74) is 8.25. The van der Waals surface area contributed by atoms with E-state index in [1.165, 1.54) is 12.8 Å². The van der Waals surface area contributed by atoms with Crippen molar-refractivity contribution in [2.45, 2.75) is 66.8 Å². The first-order valence-electron chi connectivity index (χ1n) is 13.1. The summed E-state index contributed by atoms with van der Waals surface area (Å²) < 4.78 is 0. The third kappa shape index (κ3) is 12.5. The fourth-order valence-corrected chi connectivity index (χ4v) is 3.67. The second-order valence-corrected chi connectivity index (χ2v) is 8.57. The number of benzene rings is 1. The maximum atomic E-state index is 11.1. The van der Waals surface area contributed by atoms with Crippen molar-refractivity contribution in [1.29, 1.82) is 0 Å². The molecule has 0 bridgehead atoms. The van der Waals surface area contributed by atoms with Crippen molar-refractivity contribution in [3.63, 3.8) is 0 Å². The van der Waals surface area contributed by atoms with Crippen molar-refractivity contribution in [3.8, 4) is 0 Å². The van der Waals surface area contributed by atoms with Crippen molar-refractivity contribution < 1.29 is 9.72 Å². The fraction of sp³-hybridized carbons (Fsp3) is 0.593. The number of carbonyl (C=O) groups is 1. The largest absolute Gasteiger partial charge is 0.368 e. The van der Waals surface area contributed by atoms with Crippen molar-refractivity contribution in [2.75, 3.05) is 50.9 Å². The Bertz CT molecular complexity index is 880. The number of aryl methyl sites for hydroxylation is 2. The van der Waals surface area contributed by atoms with Crippen LogP contribution in [0.15, 0.2) is 30.6 Å². The minimum Gasteiger partial charge on any atom is -0.368 e. The number of nitro benzene ring substituents is 1. The summed E-state index contributed by atoms with van der Waals surface area (Å²) >= 11 is 0. The molecule has 2 saturated heterocycles. The summed E-state index contributed by atoms with van der Waals surface area (Å²) in [7, 11) is 4.11. The van der Waals surface area contributed by atoms with Gasteiger partial charge in [0, 0.05) is 50.7 Å². The lowest BCUT2D eigenvalue weighted by Gasteiger charge is -2.21. The average molecular weight is 518 g/mol. The molecule has 2 aliphatic heterocycles. The molecule has 0 radical (unpaired) electrons. The summed E-state index contributed by atoms with van der Waals surface area (Å²) in [4.78, 5) is 34.3. The van der Waals surface area contributed by atoms with E-state index in [9.17, 15) is 14.9 Å². The Balaban J connectivity index is 0.000000564. The predicted molar refractivity (Wildman–Crippen MR) is 153 cm³/mol. The number of aromatic nitrogens is 2. The van der Waals surface area contributed by atoms with Crippen LogP contribution in [0.2, 0.25) is 0 Å². The van der Waals surface area contributed by atoms with Crippen LogP contribution < -0.4 is 10.6 Å². The molecule has 208 valence electrons. The highest BCUT2D eigenvalue weighted by molar-refractivity contribution is 5.65. The van der Waals surface area contributed by atoms with Gasteiger partial charge in [0.25, 0.3) is 5.69 Å². The molecule has 1 atom stereocenters. The number of hydrogen-bond acceptors (Lipinski definition) is 8. The first kappa shape index (κ1) is 33.7. The number of nitrogens with zero attached hydrogens (tertiary/aromatic N) is 6. The number of rotatable bonds is 4. The average Bonchev–Trinajstić information content (AvgIpc) is 3.62. The Morgan fingerprint density at radius 2 is 1.59 bits per heavy atom. The van der Waals surface area contributed by atoms with Crippen LogP contribution in [-0.4, -0.2) is 77.4 Å². The second kappa shape index (κ2) is 18.9. The summed E-state index contributed by atoms with van der Waals surface area (Å²) in [6.07, 6.45) is 7.73. The number of carbonyl (C=O) groups excluding carboxylic acids is 1. The Morgan fingerprint density at radius 1 is 1.03 bits per heavy atom. The maximum Gasteiger partial charge on any atom is 0.292 e. The van der Waals surface area contributed by atoms with Gasteiger partial charge in [0.05, 0.1) is 4.92 Å². The number of anilines is 2. The molecular formula is C27H47N7O3. The van der Waals surface area contributed by atoms with Gasteiger partial charge < -0.3 is 20.4 Å². The van der Waals surface area contributed by atoms with Gasteiger partial charge >= 0.3 is 0 Å². The Labute approximate surface area is 223 Å². The van der Waals surface area contributed by atoms with Gasteiger partial charge in [0.2, 0.25) is 12.4 Å². The van der Waals surface area contributed by atoms with Crippen LogP contribution in [0.25, 0.3) is 0 Å². The third-order valence-electron chi connectivity index (χ3n) is 5.65. The number of likely N-dealkylation sites (tertiary alicyclic amines) is 1. The Hall–Kier alpha value is -3.27. The van der Waals surface area contributed by atoms with E-state index in [1.54, 1.807) is 29.4 Å². The van der Waals surface area contributed by atoms with E-state index in [2.05, 4.69) is 33.9 Å². The van der Waals surface area contributed by atoms with Crippen LogP contribution in [0.3, 0.4) is 0 Å². The van der Waals surface area contributed by atoms with Gasteiger partial charge in [-0.1, -0.05) is 33.8 Å². The molecule has 1 amide bonds. The smallest absolute Gasteiger partial charge is 0.292 e. The van der Waals surface area contributed by atoms with E-state index in [0.717, 1.165) is 55.8 Å². The summed E-state index contributed by atoms with van der Waals surface area (Å²) in [6.45, 7) is 15.6. The molecule has 2 N–H and O–H groups in total. The number of nitro groups is 1. The predicted octanol–water partition coefficient (Wildman–Crippen LogP) is 4.70. The molecule has 0 saturated carbocycles. The van der Waals surface area contributed by atoms with Crippen LogP contribution in [0.5, 0.6) is 0 Å². The molecule has 1 aromatic carbocycles. The second-order valence-electron chi connectivity index (χ2n) is 8.57. The van der Waals surface area contributed by atoms with Crippen molar-refractivity contribution >= 4 is 23.7 Å². The molecule has 10 heteroatoms. The minimum atomic E-state index is -0.294. The molecule has 2 aliphatic rings. The van der Waals surface area contributed by atoms with Gasteiger partial charge in [-0.3, -0.25) is 14.9 Å². The van der Waals surface area contributed by atoms with E-state index in [1.807, 2.05) is 47.6 Å². The van der Waals surface area contributed by atoms with Gasteiger partial charge in [0.15, 0.2) is 0 Å². The van der Waals surface area contributed by atoms with Crippen LogP contribution in [-0.2, 0) is 4.79 Å². The topological polar surface area (TPSA) is 122 Å². The number of likely N-dealkylation sites (N-methyl/N-ethyl adjacent to an activating group) is 1. The Morgan fingerprint density at radius 3 is 2.00 bits per heavy atom. The molecule has 2 fully saturated rings. The van der Waals surface area contributed by atoms with Gasteiger partial charge in [-0.25, -0.2) is 9.97 Å². The van der Waals surface area contributed by atoms with Crippen LogP contribution in [0, 0.1) is 24.0 Å². The number of nitrogens with two attached hydrogens (primary N) is 1. The molecule has 1 aromatic heterocycles. The lowest BCUT2D eigenvalue weighted by molar-refractivity contribution is -0.384. The van der Waals surface area contributed by atoms with E-state index < -0.39 is 0 Å². The first-order valence-corrected chi connectivity index (χ1v) is 13.1. The van der Waals surface area contributed by atoms with E-state index >= 15 is 0 Å². The highest BCUT2D eigenvalue weighted by Crippen LogP contribution is 2.32. The van der Waals surface area contributed by atoms with Gasteiger partial charge in [-0.05, 0) is 64.4 Å². The first-order chi connectivity index (χ1) is 17.7. The van der Waals surface area contributed by atoms with Crippen molar-refractivity contribution in [3.05, 3.63) is 51.8 Å². The summed E-state index contributed by atoms with van der Waals surface area (Å²) in [6, 6.07) is 5.79. The van der Waals surface area contributed by atoms with Crippen LogP contribution >= 0.6 is 0 Å². The van der Waals surface area contributed by atoms with Crippen LogP contribution in [0.4, 0.5) is 17.3 Å². The third-order valence-corrected chi connectivity index (χ3v) is 5.65. The molecule has 0 spiro atoms. The molecule has 3 heterocycles. The summed E-state index contributed by atoms with van der Waals surface area (Å²) in [5.74, 6) is 0.329. The lowest BCUT2D eigenvalue weighted by Crippen LogP contribution is -2.31. The number of hydrogen-bond donors (Lipinski definition) is 1. The molecule has 0 aliphatic carbocycles. The molecule has 4 rings (SSSR count). The Kier molecular flexibility index (Phi) is 17.3. The highest BCUT2D eigenvalue weighted by atomic mass is 16.6. The standard InChI is InChI=1S/C13H19N3O2.C5H7N3.C5H9NO.2C2H6/c1-10-4-5-12(16(17)18)13(8-10)15-7-6-11(9-15)14(2)3;1-4-2-7-5(6)8-3-4;7-5-6-3-1-2-4-6;2*1-2/h4-5,8,11H,6-7,9H2,1-3H3;2-3H,1H3,(H2,6,7,8);5H,1-4H2;2*1-2H3. The molecular weight excluding hydrogens is 470 g/mol. The molecule has 10 nitrogen and oxygen atoms in total. The van der Waals surface area contributed by atoms with E-state index in [4.69, 9.17) is 5.73 Å². The molecule has 2 aromatic rings. The minimum absolute atomic E-state index is 0.208. The lowest BCUT2D eigenvalue weighted by atomic mass is 10.2. The zero-order chi connectivity index (χ0) is 28.4. The van der Waals surface area contributed by atoms with E-state index in [0.29, 0.717) is 12.0 Å². The van der Waals surface area contributed by atoms with Gasteiger partial charge in [-0.2, -0.15) is 0 Å². The normalized spacial score (nSPS) is 15.6. The van der Waals surface area contributed by atoms with Crippen LogP contribution in [0.1, 0.15) is 58.1 Å². The quantitative estimate of drug-likeness (QED) is 0.352. The SMILES string of the molecule is CC.CC.Cc1ccc([N+](=O)[O-])c(N2CCC(N(C)C)C2)c1.Cc1cnc(N)nc1.O=CN1CCCC1. The number of nitrogen functional groups attached to an aromatic ring is 1. The van der Waals surface area contributed by atoms with Crippen molar-refractivity contribution in [1.82, 2.24) is 19.8 Å². The molecule has 1 unspecified atom stereocenters. The summed E-state index contributed by atoms with van der Waals surface area (Å²) in [5, 5.41) is 11.1. The zero-order valence-electron chi connectivity index (χ0n) is 24.0. The monoisotopic (exact) mass is 517 g/mol. The van der Waals surface area contributed by atoms with Crippen molar-refractivity contribution in [2.24, 2.45) is 0 Å². The zero-order valence-corrected chi connectivity index (χ0v) is 24.0. The highest BCUT2D eigenvalue weighted by Gasteiger charge is 2.28.